The SMILES string of the molecule is CC1(C)CCC(c2ccc(Cl)cc2)=C(CN2CCN(c3ccc(C(=O)NSc4ccc(N[C@H](CCN5CCN(C(=O)CCCn6cc(COCCOCCNc7cccc8c7C(=O)N(C7CCC(=O)NC7=O)C8=O)nn6)CC5)CSc5ccccc5)c(S(=O)(=O)C(F)(F)F)c4)cc3)CC2)C1. The molecule has 5 aromatic carbocycles. The fourth-order valence-electron chi connectivity index (χ4n) is 13.1. The lowest BCUT2D eigenvalue weighted by molar-refractivity contribution is -0.136. The summed E-state index contributed by atoms with van der Waals surface area (Å²) in [5.41, 5.74) is 1.20. The third-order valence-corrected chi connectivity index (χ3v) is 22.3. The first-order valence-corrected chi connectivity index (χ1v) is 37.3. The van der Waals surface area contributed by atoms with E-state index in [9.17, 15) is 50.4 Å². The number of fused-ring (bicyclic) bond motifs is 1. The molecule has 0 spiro atoms. The number of hydrogen-bond donors (Lipinski definition) is 4. The van der Waals surface area contributed by atoms with Gasteiger partial charge in [0.1, 0.15) is 16.6 Å². The number of carbonyl (C=O) groups excluding carboxylic acids is 6. The number of ether oxygens (including phenoxy) is 2. The minimum absolute atomic E-state index is 0.00277. The molecule has 6 amide bonds. The van der Waals surface area contributed by atoms with E-state index >= 15 is 0 Å². The molecule has 2 atom stereocenters. The zero-order chi connectivity index (χ0) is 70.6. The second kappa shape index (κ2) is 33.3. The number of aromatic nitrogens is 3. The molecule has 0 radical (unpaired) electrons. The highest BCUT2D eigenvalue weighted by atomic mass is 35.5. The van der Waals surface area contributed by atoms with Gasteiger partial charge >= 0.3 is 5.51 Å². The van der Waals surface area contributed by atoms with Gasteiger partial charge in [-0.25, -0.2) is 8.42 Å². The number of imide groups is 2. The van der Waals surface area contributed by atoms with Crippen LogP contribution in [0.15, 0.2) is 142 Å². The van der Waals surface area contributed by atoms with Crippen LogP contribution in [0.5, 0.6) is 0 Å². The second-order valence-electron chi connectivity index (χ2n) is 26.2. The third kappa shape index (κ3) is 18.8. The number of amides is 6. The van der Waals surface area contributed by atoms with Crippen molar-refractivity contribution >= 4 is 103 Å². The maximum absolute atomic E-state index is 14.5. The van der Waals surface area contributed by atoms with Crippen LogP contribution in [0.4, 0.5) is 30.2 Å². The Labute approximate surface area is 593 Å². The Kier molecular flexibility index (Phi) is 24.4. The number of anilines is 3. The van der Waals surface area contributed by atoms with Crippen molar-refractivity contribution in [1.82, 2.24) is 44.6 Å². The number of halogens is 4. The van der Waals surface area contributed by atoms with Gasteiger partial charge in [0.05, 0.1) is 49.4 Å². The van der Waals surface area contributed by atoms with Crippen LogP contribution >= 0.6 is 35.3 Å². The van der Waals surface area contributed by atoms with Gasteiger partial charge in [0.2, 0.25) is 17.7 Å². The largest absolute Gasteiger partial charge is 0.501 e. The van der Waals surface area contributed by atoms with E-state index in [-0.39, 0.29) is 78.7 Å². The molecule has 6 aromatic rings. The Morgan fingerprint density at radius 1 is 0.800 bits per heavy atom. The van der Waals surface area contributed by atoms with Gasteiger partial charge in [0, 0.05) is 135 Å². The summed E-state index contributed by atoms with van der Waals surface area (Å²) in [6.45, 7) is 13.3. The standard InChI is InChI=1S/C71H82ClF3N12O10S3/c1-70(2)27-25-57(48-13-17-51(72)18-14-48)50(43-70)44-83-33-35-84(36-34-83)54-19-15-49(16-20-54)66(90)80-99-56-21-22-59(62(42-56)100(94,95)71(73,74)75)77-52(47-98-55-8-4-3-5-9-55)26-30-82-31-37-85(38-32-82)64(89)12-7-29-86-45-53(79-81-86)46-97-41-40-96-39-28-76-60-11-6-10-58-65(60)69(93)87(68(58)92)61-23-24-63(88)78-67(61)91/h3-6,8-11,13-22,42,45,52,61,76-77H,7,12,23-41,43-44,46-47H2,1-2H3,(H,80,90)(H,78,88,91)/t52-,61?/m1/s1. The van der Waals surface area contributed by atoms with Crippen LogP contribution in [0.3, 0.4) is 0 Å². The number of alkyl halides is 3. The van der Waals surface area contributed by atoms with E-state index in [1.54, 1.807) is 35.1 Å². The lowest BCUT2D eigenvalue weighted by Gasteiger charge is -2.39. The molecule has 22 nitrogen and oxygen atoms in total. The zero-order valence-corrected chi connectivity index (χ0v) is 59.0. The number of piperazine rings is 2. The van der Waals surface area contributed by atoms with Gasteiger partial charge in [-0.3, -0.25) is 58.2 Å². The smallest absolute Gasteiger partial charge is 0.382 e. The number of nitrogens with one attached hydrogen (secondary N) is 4. The van der Waals surface area contributed by atoms with Crippen molar-refractivity contribution in [3.63, 3.8) is 0 Å². The van der Waals surface area contributed by atoms with E-state index in [0.717, 1.165) is 90.5 Å². The molecule has 1 aliphatic carbocycles. The highest BCUT2D eigenvalue weighted by Crippen LogP contribution is 2.44. The molecule has 4 N–H and O–H groups in total. The maximum Gasteiger partial charge on any atom is 0.501 e. The molecule has 5 heterocycles. The van der Waals surface area contributed by atoms with Crippen molar-refractivity contribution in [2.75, 3.05) is 113 Å². The molecule has 1 aromatic heterocycles. The van der Waals surface area contributed by atoms with E-state index in [1.807, 2.05) is 59.5 Å². The maximum atomic E-state index is 14.5. The Balaban J connectivity index is 0.603. The number of benzene rings is 5. The van der Waals surface area contributed by atoms with E-state index in [1.165, 1.54) is 46.7 Å². The normalized spacial score (nSPS) is 18.1. The highest BCUT2D eigenvalue weighted by Gasteiger charge is 2.49. The van der Waals surface area contributed by atoms with Crippen molar-refractivity contribution in [1.29, 1.82) is 0 Å². The van der Waals surface area contributed by atoms with Crippen LogP contribution in [-0.2, 0) is 46.8 Å². The van der Waals surface area contributed by atoms with E-state index < -0.39 is 61.9 Å². The number of thioether (sulfide) groups is 1. The number of aryl methyl sites for hydroxylation is 1. The number of nitrogens with zero attached hydrogens (tertiary/aromatic N) is 8. The van der Waals surface area contributed by atoms with Gasteiger partial charge in [0.25, 0.3) is 27.6 Å². The molecule has 3 fully saturated rings. The summed E-state index contributed by atoms with van der Waals surface area (Å²) >= 11 is 8.45. The average Bonchev–Trinajstić information content (AvgIpc) is 1.57. The van der Waals surface area contributed by atoms with Crippen LogP contribution in [-0.4, -0.2) is 194 Å². The number of rotatable bonds is 30. The number of piperidine rings is 1. The number of sulfone groups is 1. The van der Waals surface area contributed by atoms with Crippen LogP contribution in [0.1, 0.15) is 108 Å². The Morgan fingerprint density at radius 3 is 2.28 bits per heavy atom. The van der Waals surface area contributed by atoms with Gasteiger partial charge in [-0.15, -0.1) is 16.9 Å². The summed E-state index contributed by atoms with van der Waals surface area (Å²) in [4.78, 5) is 87.3. The summed E-state index contributed by atoms with van der Waals surface area (Å²) in [7, 11) is -5.87. The predicted molar refractivity (Wildman–Crippen MR) is 378 cm³/mol. The van der Waals surface area contributed by atoms with E-state index in [2.05, 4.69) is 71.7 Å². The van der Waals surface area contributed by atoms with Crippen molar-refractivity contribution < 1.29 is 59.8 Å². The number of hydrogen-bond acceptors (Lipinski definition) is 19. The molecule has 532 valence electrons. The Morgan fingerprint density at radius 2 is 1.54 bits per heavy atom. The summed E-state index contributed by atoms with van der Waals surface area (Å²) < 4.78 is 86.0. The molecular formula is C71H82ClF3N12O10S3. The van der Waals surface area contributed by atoms with Crippen LogP contribution < -0.4 is 25.6 Å². The van der Waals surface area contributed by atoms with Crippen LogP contribution in [0.25, 0.3) is 5.57 Å². The Bertz CT molecular complexity index is 4060. The fourth-order valence-corrected chi connectivity index (χ4v) is 15.9. The minimum Gasteiger partial charge on any atom is -0.382 e. The summed E-state index contributed by atoms with van der Waals surface area (Å²) in [5, 5.41) is 17.6. The predicted octanol–water partition coefficient (Wildman–Crippen LogP) is 10.1. The zero-order valence-electron chi connectivity index (χ0n) is 55.8. The molecule has 29 heteroatoms. The van der Waals surface area contributed by atoms with Crippen LogP contribution in [0.2, 0.25) is 5.02 Å². The number of allylic oxidation sites excluding steroid dienone is 1. The molecule has 3 saturated heterocycles. The number of carbonyl (C=O) groups is 6. The van der Waals surface area contributed by atoms with Crippen LogP contribution in [0, 0.1) is 5.41 Å². The van der Waals surface area contributed by atoms with Gasteiger partial charge in [0.15, 0.2) is 0 Å². The minimum atomic E-state index is -5.87. The first-order valence-electron chi connectivity index (χ1n) is 33.6. The topological polar surface area (TPSA) is 250 Å². The molecule has 0 saturated carbocycles. The molecule has 11 rings (SSSR count). The molecule has 5 aliphatic rings. The quantitative estimate of drug-likeness (QED) is 0.0142. The summed E-state index contributed by atoms with van der Waals surface area (Å²) in [6, 6.07) is 31.9. The summed E-state index contributed by atoms with van der Waals surface area (Å²) in [6.07, 6.45) is 6.29. The monoisotopic (exact) mass is 1450 g/mol. The molecule has 4 aliphatic heterocycles. The van der Waals surface area contributed by atoms with Crippen molar-refractivity contribution in [3.05, 3.63) is 160 Å². The van der Waals surface area contributed by atoms with Gasteiger partial charge < -0.3 is 29.9 Å². The van der Waals surface area contributed by atoms with Crippen molar-refractivity contribution in [2.24, 2.45) is 5.41 Å². The van der Waals surface area contributed by atoms with E-state index in [0.29, 0.717) is 81.4 Å². The van der Waals surface area contributed by atoms with Gasteiger partial charge in [-0.1, -0.05) is 72.6 Å². The second-order valence-corrected chi connectivity index (χ2v) is 30.5. The molecule has 100 heavy (non-hydrogen) atoms. The average molecular weight is 1450 g/mol. The molecule has 0 bridgehead atoms. The highest BCUT2D eigenvalue weighted by molar-refractivity contribution is 7.99. The van der Waals surface area contributed by atoms with Gasteiger partial charge in [-0.2, -0.15) is 13.2 Å². The van der Waals surface area contributed by atoms with E-state index in [4.69, 9.17) is 21.1 Å². The Hall–Kier alpha value is -7.83. The lowest BCUT2D eigenvalue weighted by atomic mass is 9.73. The van der Waals surface area contributed by atoms with Crippen molar-refractivity contribution in [2.45, 2.75) is 111 Å². The fraction of sp³-hybridized carbons (Fsp3) is 0.437. The van der Waals surface area contributed by atoms with Gasteiger partial charge in [-0.05, 0) is 146 Å². The first kappa shape index (κ1) is 73.4. The third-order valence-electron chi connectivity index (χ3n) is 18.5. The lowest BCUT2D eigenvalue weighted by Crippen LogP contribution is -2.54. The first-order chi connectivity index (χ1) is 48.0. The van der Waals surface area contributed by atoms with Crippen molar-refractivity contribution in [3.8, 4) is 0 Å². The molecular weight excluding hydrogens is 1370 g/mol. The summed E-state index contributed by atoms with van der Waals surface area (Å²) in [5.74, 6) is -2.42. The molecule has 1 unspecified atom stereocenters.